The zero-order chi connectivity index (χ0) is 19.3. The second-order valence-electron chi connectivity index (χ2n) is 6.20. The van der Waals surface area contributed by atoms with Crippen molar-refractivity contribution in [3.63, 3.8) is 0 Å². The highest BCUT2D eigenvalue weighted by Crippen LogP contribution is 2.16. The summed E-state index contributed by atoms with van der Waals surface area (Å²) in [6, 6.07) is 24.9. The van der Waals surface area contributed by atoms with Gasteiger partial charge in [0, 0.05) is 0 Å². The largest absolute Gasteiger partial charge is 0.497 e. The number of hydrogen-bond acceptors (Lipinski definition) is 3. The van der Waals surface area contributed by atoms with E-state index in [0.717, 1.165) is 17.2 Å². The van der Waals surface area contributed by atoms with Crippen molar-refractivity contribution >= 4 is 23.6 Å². The third-order valence-corrected chi connectivity index (χ3v) is 9.29. The summed E-state index contributed by atoms with van der Waals surface area (Å²) < 4.78 is 16.0. The maximum atomic E-state index is 5.34. The molecule has 0 spiro atoms. The van der Waals surface area contributed by atoms with Gasteiger partial charge in [0.2, 0.25) is 0 Å². The second-order valence-corrected chi connectivity index (χ2v) is 9.95. The van der Waals surface area contributed by atoms with E-state index in [4.69, 9.17) is 14.2 Å². The lowest BCUT2D eigenvalue weighted by Crippen LogP contribution is -2.65. The molecule has 0 aromatic heterocycles. The minimum atomic E-state index is -2.41. The molecule has 0 radical (unpaired) electrons. The SMILES string of the molecule is C=C[Si](c1ccc(OC)cc1)(c1ccc(OC)cc1)c1ccc(OC)cc1. The minimum absolute atomic E-state index is 0.843. The quantitative estimate of drug-likeness (QED) is 0.469. The smallest absolute Gasteiger partial charge is 0.171 e. The normalized spacial score (nSPS) is 10.9. The lowest BCUT2D eigenvalue weighted by atomic mass is 10.3. The van der Waals surface area contributed by atoms with Crippen LogP contribution in [0.25, 0.3) is 0 Å². The Hall–Kier alpha value is -2.98. The van der Waals surface area contributed by atoms with Crippen molar-refractivity contribution < 1.29 is 14.2 Å². The topological polar surface area (TPSA) is 27.7 Å². The highest BCUT2D eigenvalue weighted by molar-refractivity contribution is 7.14. The molecule has 0 amide bonds. The molecule has 138 valence electrons. The fraction of sp³-hybridized carbons (Fsp3) is 0.130. The first-order chi connectivity index (χ1) is 13.2. The first-order valence-corrected chi connectivity index (χ1v) is 10.8. The average Bonchev–Trinajstić information content (AvgIpc) is 2.76. The minimum Gasteiger partial charge on any atom is -0.497 e. The number of benzene rings is 3. The van der Waals surface area contributed by atoms with Crippen LogP contribution in [0.2, 0.25) is 0 Å². The van der Waals surface area contributed by atoms with Crippen LogP contribution in [-0.2, 0) is 0 Å². The lowest BCUT2D eigenvalue weighted by Gasteiger charge is -2.30. The van der Waals surface area contributed by atoms with Gasteiger partial charge in [-0.2, -0.15) is 0 Å². The molecule has 0 bridgehead atoms. The summed E-state index contributed by atoms with van der Waals surface area (Å²) in [4.78, 5) is 0. The van der Waals surface area contributed by atoms with Crippen LogP contribution in [0.4, 0.5) is 0 Å². The molecule has 0 aliphatic heterocycles. The van der Waals surface area contributed by atoms with E-state index in [1.54, 1.807) is 21.3 Å². The van der Waals surface area contributed by atoms with Gasteiger partial charge in [0.1, 0.15) is 17.2 Å². The zero-order valence-electron chi connectivity index (χ0n) is 15.9. The van der Waals surface area contributed by atoms with E-state index in [2.05, 4.69) is 48.7 Å². The van der Waals surface area contributed by atoms with Gasteiger partial charge >= 0.3 is 0 Å². The van der Waals surface area contributed by atoms with Gasteiger partial charge in [-0.05, 0) is 52.0 Å². The Morgan fingerprint density at radius 2 is 0.815 bits per heavy atom. The summed E-state index contributed by atoms with van der Waals surface area (Å²) >= 11 is 0. The molecule has 0 aliphatic rings. The Morgan fingerprint density at radius 3 is 1.00 bits per heavy atom. The van der Waals surface area contributed by atoms with Crippen LogP contribution in [0.3, 0.4) is 0 Å². The average molecular weight is 377 g/mol. The number of rotatable bonds is 7. The molecule has 0 fully saturated rings. The number of hydrogen-bond donors (Lipinski definition) is 0. The van der Waals surface area contributed by atoms with Crippen LogP contribution in [-0.4, -0.2) is 29.4 Å². The summed E-state index contributed by atoms with van der Waals surface area (Å²) in [6.45, 7) is 4.26. The Bertz CT molecular complexity index is 769. The predicted octanol–water partition coefficient (Wildman–Crippen LogP) is 2.91. The summed E-state index contributed by atoms with van der Waals surface area (Å²) in [6.07, 6.45) is 0. The molecule has 0 aliphatic carbocycles. The third kappa shape index (κ3) is 3.48. The zero-order valence-corrected chi connectivity index (χ0v) is 16.9. The van der Waals surface area contributed by atoms with Crippen molar-refractivity contribution in [2.75, 3.05) is 21.3 Å². The van der Waals surface area contributed by atoms with Gasteiger partial charge in [-0.3, -0.25) is 0 Å². The van der Waals surface area contributed by atoms with E-state index in [9.17, 15) is 0 Å². The van der Waals surface area contributed by atoms with E-state index >= 15 is 0 Å². The highest BCUT2D eigenvalue weighted by Gasteiger charge is 2.36. The molecule has 27 heavy (non-hydrogen) atoms. The van der Waals surface area contributed by atoms with E-state index in [0.29, 0.717) is 0 Å². The molecule has 0 N–H and O–H groups in total. The molecule has 3 nitrogen and oxygen atoms in total. The number of ether oxygens (including phenoxy) is 3. The van der Waals surface area contributed by atoms with Crippen molar-refractivity contribution in [2.24, 2.45) is 0 Å². The molecule has 0 saturated carbocycles. The maximum absolute atomic E-state index is 5.34. The molecular weight excluding hydrogens is 352 g/mol. The van der Waals surface area contributed by atoms with Gasteiger partial charge in [0.05, 0.1) is 21.3 Å². The van der Waals surface area contributed by atoms with Crippen LogP contribution in [0.15, 0.2) is 85.1 Å². The number of methoxy groups -OCH3 is 3. The van der Waals surface area contributed by atoms with Gasteiger partial charge in [0.15, 0.2) is 8.07 Å². The van der Waals surface area contributed by atoms with Gasteiger partial charge in [-0.15, -0.1) is 6.58 Å². The van der Waals surface area contributed by atoms with Crippen LogP contribution >= 0.6 is 0 Å². The first kappa shape index (κ1) is 18.8. The molecular formula is C23H24O3Si. The second kappa shape index (κ2) is 8.14. The molecule has 3 aromatic carbocycles. The Kier molecular flexibility index (Phi) is 5.67. The van der Waals surface area contributed by atoms with Crippen molar-refractivity contribution in [2.45, 2.75) is 0 Å². The first-order valence-electron chi connectivity index (χ1n) is 8.75. The summed E-state index contributed by atoms with van der Waals surface area (Å²) in [5, 5.41) is 3.73. The maximum Gasteiger partial charge on any atom is 0.171 e. The predicted molar refractivity (Wildman–Crippen MR) is 114 cm³/mol. The van der Waals surface area contributed by atoms with E-state index < -0.39 is 8.07 Å². The van der Waals surface area contributed by atoms with Crippen molar-refractivity contribution in [1.29, 1.82) is 0 Å². The monoisotopic (exact) mass is 376 g/mol. The Morgan fingerprint density at radius 1 is 0.556 bits per heavy atom. The summed E-state index contributed by atoms with van der Waals surface area (Å²) in [7, 11) is 2.63. The standard InChI is InChI=1S/C23H24O3Si/c1-5-27(21-12-6-18(24-2)7-13-21,22-14-8-19(25-3)9-15-22)23-16-10-20(26-4)11-17-23/h5-17H,1H2,2-4H3. The molecule has 0 saturated heterocycles. The molecule has 3 rings (SSSR count). The van der Waals surface area contributed by atoms with Crippen LogP contribution < -0.4 is 29.8 Å². The Labute approximate surface area is 161 Å². The lowest BCUT2D eigenvalue weighted by molar-refractivity contribution is 0.415. The summed E-state index contributed by atoms with van der Waals surface area (Å²) in [5.74, 6) is 2.53. The molecule has 0 heterocycles. The Balaban J connectivity index is 2.22. The van der Waals surface area contributed by atoms with Gasteiger partial charge in [-0.25, -0.2) is 0 Å². The van der Waals surface area contributed by atoms with Crippen LogP contribution in [0.5, 0.6) is 17.2 Å². The van der Waals surface area contributed by atoms with E-state index in [1.165, 1.54) is 15.6 Å². The van der Waals surface area contributed by atoms with E-state index in [-0.39, 0.29) is 0 Å². The van der Waals surface area contributed by atoms with Crippen LogP contribution in [0.1, 0.15) is 0 Å². The fourth-order valence-corrected chi connectivity index (χ4v) is 7.20. The van der Waals surface area contributed by atoms with E-state index in [1.807, 2.05) is 36.4 Å². The fourth-order valence-electron chi connectivity index (χ4n) is 3.42. The van der Waals surface area contributed by atoms with Crippen molar-refractivity contribution in [1.82, 2.24) is 0 Å². The molecule has 0 atom stereocenters. The third-order valence-electron chi connectivity index (χ3n) is 4.94. The molecule has 3 aromatic rings. The van der Waals surface area contributed by atoms with Gasteiger partial charge in [0.25, 0.3) is 0 Å². The van der Waals surface area contributed by atoms with Gasteiger partial charge < -0.3 is 14.2 Å². The molecule has 4 heteroatoms. The van der Waals surface area contributed by atoms with Crippen molar-refractivity contribution in [3.8, 4) is 17.2 Å². The van der Waals surface area contributed by atoms with Crippen LogP contribution in [0, 0.1) is 0 Å². The highest BCUT2D eigenvalue weighted by atomic mass is 28.3. The van der Waals surface area contributed by atoms with Gasteiger partial charge in [-0.1, -0.05) is 42.1 Å². The summed E-state index contributed by atoms with van der Waals surface area (Å²) in [5.41, 5.74) is 2.12. The van der Waals surface area contributed by atoms with Crippen molar-refractivity contribution in [3.05, 3.63) is 85.1 Å². The molecule has 0 unspecified atom stereocenters.